The molecular formula is C9H10N2. The summed E-state index contributed by atoms with van der Waals surface area (Å²) >= 11 is 0. The van der Waals surface area contributed by atoms with Crippen LogP contribution in [-0.4, -0.2) is 4.98 Å². The van der Waals surface area contributed by atoms with Gasteiger partial charge in [-0.05, 0) is 17.5 Å². The first-order valence-corrected chi connectivity index (χ1v) is 3.66. The quantitative estimate of drug-likeness (QED) is 0.636. The van der Waals surface area contributed by atoms with Gasteiger partial charge in [-0.3, -0.25) is 4.98 Å². The van der Waals surface area contributed by atoms with Gasteiger partial charge in [0, 0.05) is 12.4 Å². The number of nitriles is 1. The molecule has 0 spiro atoms. The fourth-order valence-electron chi connectivity index (χ4n) is 0.923. The lowest BCUT2D eigenvalue weighted by Crippen LogP contribution is -1.87. The largest absolute Gasteiger partial charge is 0.264 e. The summed E-state index contributed by atoms with van der Waals surface area (Å²) in [6.07, 6.45) is 5.01. The molecule has 0 unspecified atom stereocenters. The second-order valence-electron chi connectivity index (χ2n) is 2.39. The third kappa shape index (κ3) is 2.05. The summed E-state index contributed by atoms with van der Waals surface area (Å²) in [6.45, 7) is 2.08. The fraction of sp³-hybridized carbons (Fsp3) is 0.333. The molecule has 2 heteroatoms. The number of pyridine rings is 1. The van der Waals surface area contributed by atoms with E-state index in [1.165, 1.54) is 5.56 Å². The molecule has 2 nitrogen and oxygen atoms in total. The van der Waals surface area contributed by atoms with Crippen molar-refractivity contribution in [3.05, 3.63) is 29.6 Å². The summed E-state index contributed by atoms with van der Waals surface area (Å²) in [5.74, 6) is 0. The van der Waals surface area contributed by atoms with Gasteiger partial charge in [-0.1, -0.05) is 13.0 Å². The van der Waals surface area contributed by atoms with E-state index in [-0.39, 0.29) is 0 Å². The van der Waals surface area contributed by atoms with Crippen molar-refractivity contribution in [3.8, 4) is 6.07 Å². The van der Waals surface area contributed by atoms with Gasteiger partial charge in [0.15, 0.2) is 0 Å². The van der Waals surface area contributed by atoms with Crippen LogP contribution in [0.25, 0.3) is 0 Å². The fourth-order valence-corrected chi connectivity index (χ4v) is 0.923. The van der Waals surface area contributed by atoms with Crippen molar-refractivity contribution in [3.63, 3.8) is 0 Å². The molecule has 0 saturated carbocycles. The Bertz CT molecular complexity index is 273. The lowest BCUT2D eigenvalue weighted by Gasteiger charge is -1.96. The van der Waals surface area contributed by atoms with Crippen LogP contribution in [0.1, 0.15) is 18.1 Å². The molecule has 0 radical (unpaired) electrons. The van der Waals surface area contributed by atoms with Gasteiger partial charge in [0.05, 0.1) is 12.5 Å². The molecule has 0 aliphatic rings. The van der Waals surface area contributed by atoms with Crippen molar-refractivity contribution in [2.75, 3.05) is 0 Å². The van der Waals surface area contributed by atoms with Gasteiger partial charge < -0.3 is 0 Å². The van der Waals surface area contributed by atoms with Crippen LogP contribution in [0.3, 0.4) is 0 Å². The maximum absolute atomic E-state index is 8.41. The van der Waals surface area contributed by atoms with Gasteiger partial charge in [0.25, 0.3) is 0 Å². The average Bonchev–Trinajstić information content (AvgIpc) is 2.06. The maximum Gasteiger partial charge on any atom is 0.0670 e. The van der Waals surface area contributed by atoms with Crippen LogP contribution in [0, 0.1) is 11.3 Å². The van der Waals surface area contributed by atoms with Crippen molar-refractivity contribution >= 4 is 0 Å². The molecule has 11 heavy (non-hydrogen) atoms. The van der Waals surface area contributed by atoms with Crippen molar-refractivity contribution in [2.45, 2.75) is 19.8 Å². The minimum Gasteiger partial charge on any atom is -0.264 e. The zero-order valence-electron chi connectivity index (χ0n) is 6.54. The summed E-state index contributed by atoms with van der Waals surface area (Å²) in [5, 5.41) is 8.41. The summed E-state index contributed by atoms with van der Waals surface area (Å²) in [4.78, 5) is 4.02. The number of nitrogens with zero attached hydrogens (tertiary/aromatic N) is 2. The second kappa shape index (κ2) is 3.72. The molecule has 0 aliphatic heterocycles. The van der Waals surface area contributed by atoms with Crippen LogP contribution < -0.4 is 0 Å². The Labute approximate surface area is 66.5 Å². The maximum atomic E-state index is 8.41. The molecule has 0 aliphatic carbocycles. The highest BCUT2D eigenvalue weighted by atomic mass is 14.6. The Kier molecular flexibility index (Phi) is 2.62. The standard InChI is InChI=1S/C9H10N2/c1-2-8-5-9(3-4-10)7-11-6-8/h5-7H,2-3H2,1H3. The Morgan fingerprint density at radius 3 is 2.82 bits per heavy atom. The Morgan fingerprint density at radius 2 is 2.18 bits per heavy atom. The number of hydrogen-bond donors (Lipinski definition) is 0. The minimum atomic E-state index is 0.459. The summed E-state index contributed by atoms with van der Waals surface area (Å²) in [6, 6.07) is 4.12. The van der Waals surface area contributed by atoms with Crippen molar-refractivity contribution in [1.29, 1.82) is 5.26 Å². The predicted molar refractivity (Wildman–Crippen MR) is 42.9 cm³/mol. The van der Waals surface area contributed by atoms with Gasteiger partial charge >= 0.3 is 0 Å². The first-order chi connectivity index (χ1) is 5.36. The number of rotatable bonds is 2. The van der Waals surface area contributed by atoms with E-state index in [2.05, 4.69) is 18.0 Å². The Morgan fingerprint density at radius 1 is 1.45 bits per heavy atom. The normalized spacial score (nSPS) is 9.09. The lowest BCUT2D eigenvalue weighted by molar-refractivity contribution is 1.07. The molecule has 0 saturated heterocycles. The third-order valence-corrected chi connectivity index (χ3v) is 1.54. The lowest BCUT2D eigenvalue weighted by atomic mass is 10.1. The molecule has 56 valence electrons. The molecule has 1 heterocycles. The van der Waals surface area contributed by atoms with Gasteiger partial charge in [-0.25, -0.2) is 0 Å². The molecular weight excluding hydrogens is 136 g/mol. The van der Waals surface area contributed by atoms with Gasteiger partial charge in [-0.15, -0.1) is 0 Å². The highest BCUT2D eigenvalue weighted by Crippen LogP contribution is 2.03. The first kappa shape index (κ1) is 7.74. The molecule has 0 atom stereocenters. The highest BCUT2D eigenvalue weighted by Gasteiger charge is 1.93. The third-order valence-electron chi connectivity index (χ3n) is 1.54. The minimum absolute atomic E-state index is 0.459. The predicted octanol–water partition coefficient (Wildman–Crippen LogP) is 1.71. The van der Waals surface area contributed by atoms with Gasteiger partial charge in [0.1, 0.15) is 0 Å². The van der Waals surface area contributed by atoms with Crippen molar-refractivity contribution in [2.24, 2.45) is 0 Å². The van der Waals surface area contributed by atoms with E-state index in [4.69, 9.17) is 5.26 Å². The SMILES string of the molecule is CCc1cncc(CC#N)c1. The molecule has 0 N–H and O–H groups in total. The van der Waals surface area contributed by atoms with Crippen LogP contribution in [0.15, 0.2) is 18.5 Å². The molecule has 1 aromatic rings. The molecule has 0 bridgehead atoms. The van der Waals surface area contributed by atoms with Crippen LogP contribution in [0.5, 0.6) is 0 Å². The highest BCUT2D eigenvalue weighted by molar-refractivity contribution is 5.20. The molecule has 0 aromatic carbocycles. The summed E-state index contributed by atoms with van der Waals surface area (Å²) in [5.41, 5.74) is 2.20. The molecule has 0 fully saturated rings. The zero-order chi connectivity index (χ0) is 8.10. The second-order valence-corrected chi connectivity index (χ2v) is 2.39. The van der Waals surface area contributed by atoms with Gasteiger partial charge in [0.2, 0.25) is 0 Å². The van der Waals surface area contributed by atoms with Crippen molar-refractivity contribution < 1.29 is 0 Å². The summed E-state index contributed by atoms with van der Waals surface area (Å²) < 4.78 is 0. The van der Waals surface area contributed by atoms with E-state index in [0.717, 1.165) is 12.0 Å². The van der Waals surface area contributed by atoms with E-state index in [9.17, 15) is 0 Å². The monoisotopic (exact) mass is 146 g/mol. The topological polar surface area (TPSA) is 36.7 Å². The Hall–Kier alpha value is -1.36. The summed E-state index contributed by atoms with van der Waals surface area (Å²) in [7, 11) is 0. The van der Waals surface area contributed by atoms with Crippen LogP contribution >= 0.6 is 0 Å². The van der Waals surface area contributed by atoms with Gasteiger partial charge in [-0.2, -0.15) is 5.26 Å². The van der Waals surface area contributed by atoms with Crippen LogP contribution in [-0.2, 0) is 12.8 Å². The van der Waals surface area contributed by atoms with E-state index in [1.807, 2.05) is 12.3 Å². The van der Waals surface area contributed by atoms with E-state index >= 15 is 0 Å². The Balaban J connectivity index is 2.84. The first-order valence-electron chi connectivity index (χ1n) is 3.66. The smallest absolute Gasteiger partial charge is 0.0670 e. The number of hydrogen-bond acceptors (Lipinski definition) is 2. The van der Waals surface area contributed by atoms with E-state index < -0.39 is 0 Å². The number of aryl methyl sites for hydroxylation is 1. The zero-order valence-corrected chi connectivity index (χ0v) is 6.54. The van der Waals surface area contributed by atoms with Crippen molar-refractivity contribution in [1.82, 2.24) is 4.98 Å². The molecule has 1 aromatic heterocycles. The van der Waals surface area contributed by atoms with E-state index in [0.29, 0.717) is 6.42 Å². The van der Waals surface area contributed by atoms with E-state index in [1.54, 1.807) is 6.20 Å². The number of aromatic nitrogens is 1. The molecule has 0 amide bonds. The molecule has 1 rings (SSSR count). The van der Waals surface area contributed by atoms with Crippen LogP contribution in [0.2, 0.25) is 0 Å². The van der Waals surface area contributed by atoms with Crippen LogP contribution in [0.4, 0.5) is 0 Å². The average molecular weight is 146 g/mol.